The average molecular weight is 597 g/mol. The molecular weight excluding hydrogens is 556 g/mol. The minimum Gasteiger partial charge on any atom is -0.494 e. The summed E-state index contributed by atoms with van der Waals surface area (Å²) in [6.07, 6.45) is 1.92. The number of hydrogen-bond donors (Lipinski definition) is 0. The van der Waals surface area contributed by atoms with Crippen LogP contribution in [-0.2, 0) is 29.6 Å². The van der Waals surface area contributed by atoms with Crippen molar-refractivity contribution in [1.82, 2.24) is 8.61 Å². The highest BCUT2D eigenvalue weighted by molar-refractivity contribution is 7.90. The zero-order valence-corrected chi connectivity index (χ0v) is 25.5. The molecule has 0 aliphatic carbocycles. The number of carbonyl (C=O) groups excluding carboxylic acids is 1. The molecule has 12 heteroatoms. The van der Waals surface area contributed by atoms with E-state index in [0.29, 0.717) is 24.7 Å². The van der Waals surface area contributed by atoms with Crippen LogP contribution < -0.4 is 9.47 Å². The summed E-state index contributed by atoms with van der Waals surface area (Å²) in [5, 5.41) is 0. The number of unbranched alkanes of at least 4 members (excludes halogenated alkanes) is 2. The Morgan fingerprint density at radius 3 is 1.48 bits per heavy atom. The topological polar surface area (TPSA) is 120 Å². The van der Waals surface area contributed by atoms with E-state index in [-0.39, 0.29) is 22.9 Å². The maximum Gasteiger partial charge on any atom is 0.340 e. The van der Waals surface area contributed by atoms with Gasteiger partial charge in [-0.25, -0.2) is 21.6 Å². The molecule has 0 spiro atoms. The van der Waals surface area contributed by atoms with E-state index in [2.05, 4.69) is 0 Å². The number of hydrogen-bond acceptors (Lipinski definition) is 8. The molecule has 0 aromatic heterocycles. The Hall–Kier alpha value is -2.67. The Morgan fingerprint density at radius 1 is 0.775 bits per heavy atom. The lowest BCUT2D eigenvalue weighted by Gasteiger charge is -2.47. The molecule has 0 N–H and O–H groups in total. The molecule has 2 aromatic rings. The minimum absolute atomic E-state index is 0.0899. The molecule has 1 fully saturated rings. The van der Waals surface area contributed by atoms with Gasteiger partial charge in [-0.1, -0.05) is 40.5 Å². The molecule has 1 saturated heterocycles. The number of esters is 1. The monoisotopic (exact) mass is 596 g/mol. The Morgan fingerprint density at radius 2 is 1.15 bits per heavy atom. The lowest BCUT2D eigenvalue weighted by Crippen LogP contribution is -2.65. The van der Waals surface area contributed by atoms with Gasteiger partial charge in [-0.05, 0) is 66.8 Å². The van der Waals surface area contributed by atoms with Crippen LogP contribution in [0.15, 0.2) is 58.3 Å². The summed E-state index contributed by atoms with van der Waals surface area (Å²) < 4.78 is 73.6. The van der Waals surface area contributed by atoms with E-state index in [1.165, 1.54) is 24.3 Å². The summed E-state index contributed by atoms with van der Waals surface area (Å²) >= 11 is 0. The van der Waals surface area contributed by atoms with Crippen LogP contribution in [0.1, 0.15) is 53.4 Å². The van der Waals surface area contributed by atoms with Crippen molar-refractivity contribution in [3.05, 3.63) is 48.5 Å². The van der Waals surface area contributed by atoms with Crippen molar-refractivity contribution >= 4 is 26.0 Å². The quantitative estimate of drug-likeness (QED) is 0.249. The predicted molar refractivity (Wildman–Crippen MR) is 151 cm³/mol. The average Bonchev–Trinajstić information content (AvgIpc) is 2.92. The summed E-state index contributed by atoms with van der Waals surface area (Å²) in [7, 11) is -7.55. The molecule has 0 amide bonds. The number of ether oxygens (including phenoxy) is 3. The summed E-state index contributed by atoms with van der Waals surface area (Å²) in [6, 6.07) is 11.7. The summed E-state index contributed by atoms with van der Waals surface area (Å²) in [5.74, 6) is 0.0334. The maximum atomic E-state index is 13.9. The number of rotatable bonds is 13. The van der Waals surface area contributed by atoms with Gasteiger partial charge in [0.2, 0.25) is 20.0 Å². The van der Waals surface area contributed by atoms with Crippen LogP contribution in [0.5, 0.6) is 11.5 Å². The zero-order chi connectivity index (χ0) is 29.6. The predicted octanol–water partition coefficient (Wildman–Crippen LogP) is 4.26. The van der Waals surface area contributed by atoms with Crippen molar-refractivity contribution in [1.29, 1.82) is 0 Å². The van der Waals surface area contributed by atoms with Gasteiger partial charge >= 0.3 is 5.97 Å². The first kappa shape index (κ1) is 31.9. The minimum atomic E-state index is -4.32. The first-order valence-corrected chi connectivity index (χ1v) is 16.3. The van der Waals surface area contributed by atoms with Crippen LogP contribution in [0.4, 0.5) is 0 Å². The molecule has 1 aliphatic heterocycles. The molecule has 1 heterocycles. The third-order valence-corrected chi connectivity index (χ3v) is 10.1. The zero-order valence-electron chi connectivity index (χ0n) is 23.8. The number of nitrogens with zero attached hydrogens (tertiary/aromatic N) is 2. The van der Waals surface area contributed by atoms with Gasteiger partial charge in [-0.3, -0.25) is 0 Å². The fourth-order valence-corrected chi connectivity index (χ4v) is 7.86. The fourth-order valence-electron chi connectivity index (χ4n) is 4.34. The molecule has 0 atom stereocenters. The van der Waals surface area contributed by atoms with Gasteiger partial charge in [0, 0.05) is 13.1 Å². The SMILES string of the molecule is CCCCOc1ccc(S(=O)(=O)N2CC(C)(C)CN(S(=O)(=O)c3ccc(OCCCC)cc3)C2C(=O)OC)cc1. The van der Waals surface area contributed by atoms with Crippen molar-refractivity contribution in [3.8, 4) is 11.5 Å². The lowest BCUT2D eigenvalue weighted by atomic mass is 9.91. The highest BCUT2D eigenvalue weighted by Crippen LogP contribution is 2.36. The van der Waals surface area contributed by atoms with E-state index in [4.69, 9.17) is 14.2 Å². The van der Waals surface area contributed by atoms with E-state index < -0.39 is 37.6 Å². The van der Waals surface area contributed by atoms with Gasteiger partial charge in [-0.15, -0.1) is 0 Å². The Labute approximate surface area is 238 Å². The number of benzene rings is 2. The highest BCUT2D eigenvalue weighted by Gasteiger charge is 2.52. The second kappa shape index (κ2) is 13.3. The first-order chi connectivity index (χ1) is 18.9. The van der Waals surface area contributed by atoms with Gasteiger partial charge in [-0.2, -0.15) is 8.61 Å². The Balaban J connectivity index is 1.99. The molecule has 3 rings (SSSR count). The van der Waals surface area contributed by atoms with E-state index >= 15 is 0 Å². The standard InChI is InChI=1S/C28H40N2O8S2/c1-6-8-18-37-22-10-14-24(15-11-22)39(32,33)29-20-28(3,4)21-30(26(29)27(31)36-5)40(34,35)25-16-12-23(13-17-25)38-19-9-7-2/h10-17,26H,6-9,18-21H2,1-5H3. The van der Waals surface area contributed by atoms with Crippen molar-refractivity contribution in [2.24, 2.45) is 5.41 Å². The Kier molecular flexibility index (Phi) is 10.6. The summed E-state index contributed by atoms with van der Waals surface area (Å²) in [5.41, 5.74) is -0.822. The molecule has 2 aromatic carbocycles. The van der Waals surface area contributed by atoms with Gasteiger partial charge in [0.05, 0.1) is 30.1 Å². The highest BCUT2D eigenvalue weighted by atomic mass is 32.2. The van der Waals surface area contributed by atoms with E-state index in [0.717, 1.165) is 41.4 Å². The number of sulfonamides is 2. The van der Waals surface area contributed by atoms with Crippen molar-refractivity contribution in [2.75, 3.05) is 33.4 Å². The van der Waals surface area contributed by atoms with Crippen molar-refractivity contribution in [3.63, 3.8) is 0 Å². The molecule has 0 saturated carbocycles. The third kappa shape index (κ3) is 7.34. The maximum absolute atomic E-state index is 13.9. The normalized spacial score (nSPS) is 16.9. The molecule has 40 heavy (non-hydrogen) atoms. The van der Waals surface area contributed by atoms with Gasteiger partial charge in [0.25, 0.3) is 0 Å². The fraction of sp³-hybridized carbons (Fsp3) is 0.536. The van der Waals surface area contributed by atoms with Crippen molar-refractivity contribution < 1.29 is 35.8 Å². The van der Waals surface area contributed by atoms with Crippen LogP contribution in [0, 0.1) is 5.41 Å². The molecule has 222 valence electrons. The van der Waals surface area contributed by atoms with Gasteiger partial charge < -0.3 is 14.2 Å². The second-order valence-electron chi connectivity index (χ2n) is 10.5. The summed E-state index contributed by atoms with van der Waals surface area (Å²) in [4.78, 5) is 12.9. The second-order valence-corrected chi connectivity index (χ2v) is 14.3. The van der Waals surface area contributed by atoms with Crippen LogP contribution in [0.25, 0.3) is 0 Å². The van der Waals surface area contributed by atoms with Crippen LogP contribution in [-0.4, -0.2) is 71.0 Å². The molecule has 1 aliphatic rings. The first-order valence-electron chi connectivity index (χ1n) is 13.4. The molecule has 10 nitrogen and oxygen atoms in total. The molecule has 0 radical (unpaired) electrons. The van der Waals surface area contributed by atoms with E-state index in [1.54, 1.807) is 38.1 Å². The van der Waals surface area contributed by atoms with Crippen molar-refractivity contribution in [2.45, 2.75) is 69.3 Å². The van der Waals surface area contributed by atoms with Crippen LogP contribution in [0.3, 0.4) is 0 Å². The van der Waals surface area contributed by atoms with Gasteiger partial charge in [0.1, 0.15) is 11.5 Å². The van der Waals surface area contributed by atoms with Crippen LogP contribution >= 0.6 is 0 Å². The molecule has 0 bridgehead atoms. The smallest absolute Gasteiger partial charge is 0.340 e. The van der Waals surface area contributed by atoms with Crippen LogP contribution in [0.2, 0.25) is 0 Å². The third-order valence-electron chi connectivity index (χ3n) is 6.52. The van der Waals surface area contributed by atoms with Gasteiger partial charge in [0.15, 0.2) is 6.17 Å². The molecular formula is C28H40N2O8S2. The Bertz CT molecular complexity index is 1250. The number of carbonyl (C=O) groups is 1. The van der Waals surface area contributed by atoms with E-state index in [9.17, 15) is 21.6 Å². The molecule has 0 unspecified atom stereocenters. The number of methoxy groups -OCH3 is 1. The largest absolute Gasteiger partial charge is 0.494 e. The van der Waals surface area contributed by atoms with E-state index in [1.807, 2.05) is 13.8 Å². The summed E-state index contributed by atoms with van der Waals surface area (Å²) in [6.45, 7) is 8.40. The lowest BCUT2D eigenvalue weighted by molar-refractivity contribution is -0.152.